The molecule has 0 saturated carbocycles. The minimum atomic E-state index is 0.0274. The number of rotatable bonds is 6. The van der Waals surface area contributed by atoms with E-state index in [2.05, 4.69) is 63.5 Å². The van der Waals surface area contributed by atoms with E-state index >= 15 is 0 Å². The number of aromatic nitrogens is 4. The molecule has 1 fully saturated rings. The number of nitrogens with one attached hydrogen (secondary N) is 2. The van der Waals surface area contributed by atoms with Crippen LogP contribution in [0.5, 0.6) is 6.01 Å². The summed E-state index contributed by atoms with van der Waals surface area (Å²) in [5, 5.41) is 11.4. The molecule has 1 aliphatic heterocycles. The fraction of sp³-hybridized carbons (Fsp3) is 0.476. The molecule has 2 atom stereocenters. The number of halogens is 1. The minimum absolute atomic E-state index is 0.0274. The van der Waals surface area contributed by atoms with Crippen LogP contribution in [0.3, 0.4) is 0 Å². The van der Waals surface area contributed by atoms with Gasteiger partial charge in [0.15, 0.2) is 5.65 Å². The third-order valence-corrected chi connectivity index (χ3v) is 5.96. The SMILES string of the molecule is CC(C)c1cnn2c(N[C@@H](C)c3ccccc3Br)nc(O[C@@H]3CCCNC3)nc12. The number of hydrogen-bond donors (Lipinski definition) is 2. The minimum Gasteiger partial charge on any atom is -0.459 e. The molecule has 2 aromatic heterocycles. The zero-order chi connectivity index (χ0) is 20.4. The van der Waals surface area contributed by atoms with Crippen LogP contribution in [-0.4, -0.2) is 38.8 Å². The molecule has 4 rings (SSSR count). The number of hydrogen-bond acceptors (Lipinski definition) is 6. The fourth-order valence-corrected chi connectivity index (χ4v) is 4.22. The first kappa shape index (κ1) is 20.1. The van der Waals surface area contributed by atoms with Crippen molar-refractivity contribution in [3.05, 3.63) is 46.1 Å². The average Bonchev–Trinajstić information content (AvgIpc) is 3.13. The molecule has 0 bridgehead atoms. The maximum atomic E-state index is 6.14. The van der Waals surface area contributed by atoms with Crippen molar-refractivity contribution < 1.29 is 4.74 Å². The molecule has 0 aliphatic carbocycles. The van der Waals surface area contributed by atoms with Gasteiger partial charge in [-0.25, -0.2) is 0 Å². The summed E-state index contributed by atoms with van der Waals surface area (Å²) in [4.78, 5) is 9.37. The van der Waals surface area contributed by atoms with E-state index in [1.165, 1.54) is 0 Å². The van der Waals surface area contributed by atoms with Crippen molar-refractivity contribution in [2.24, 2.45) is 0 Å². The molecule has 0 amide bonds. The zero-order valence-electron chi connectivity index (χ0n) is 17.0. The second kappa shape index (κ2) is 8.67. The molecule has 0 radical (unpaired) electrons. The number of piperidine rings is 1. The Bertz CT molecular complexity index is 982. The van der Waals surface area contributed by atoms with E-state index in [9.17, 15) is 0 Å². The van der Waals surface area contributed by atoms with Gasteiger partial charge in [0.25, 0.3) is 0 Å². The average molecular weight is 459 g/mol. The predicted molar refractivity (Wildman–Crippen MR) is 118 cm³/mol. The van der Waals surface area contributed by atoms with Crippen LogP contribution in [0.15, 0.2) is 34.9 Å². The topological polar surface area (TPSA) is 76.4 Å². The molecule has 3 aromatic rings. The second-order valence-corrected chi connectivity index (χ2v) is 8.65. The Hall–Kier alpha value is -2.19. The molecule has 0 spiro atoms. The number of anilines is 1. The van der Waals surface area contributed by atoms with Crippen molar-refractivity contribution in [1.82, 2.24) is 24.9 Å². The smallest absolute Gasteiger partial charge is 0.322 e. The number of nitrogens with zero attached hydrogens (tertiary/aromatic N) is 4. The lowest BCUT2D eigenvalue weighted by atomic mass is 10.1. The Morgan fingerprint density at radius 2 is 2.03 bits per heavy atom. The first-order chi connectivity index (χ1) is 14.0. The Balaban J connectivity index is 1.70. The maximum absolute atomic E-state index is 6.14. The summed E-state index contributed by atoms with van der Waals surface area (Å²) in [5.41, 5.74) is 3.01. The van der Waals surface area contributed by atoms with Crippen molar-refractivity contribution in [2.75, 3.05) is 18.4 Å². The van der Waals surface area contributed by atoms with E-state index in [-0.39, 0.29) is 12.1 Å². The largest absolute Gasteiger partial charge is 0.459 e. The summed E-state index contributed by atoms with van der Waals surface area (Å²) in [5.74, 6) is 0.934. The highest BCUT2D eigenvalue weighted by molar-refractivity contribution is 9.10. The first-order valence-electron chi connectivity index (χ1n) is 10.2. The summed E-state index contributed by atoms with van der Waals surface area (Å²) < 4.78 is 8.97. The van der Waals surface area contributed by atoms with Gasteiger partial charge in [-0.3, -0.25) is 0 Å². The molecule has 3 heterocycles. The fourth-order valence-electron chi connectivity index (χ4n) is 3.60. The van der Waals surface area contributed by atoms with E-state index < -0.39 is 0 Å². The van der Waals surface area contributed by atoms with Crippen molar-refractivity contribution in [2.45, 2.75) is 51.7 Å². The van der Waals surface area contributed by atoms with Crippen LogP contribution in [0.2, 0.25) is 0 Å². The molecule has 7 nitrogen and oxygen atoms in total. The van der Waals surface area contributed by atoms with Crippen LogP contribution in [0.4, 0.5) is 5.95 Å². The van der Waals surface area contributed by atoms with Gasteiger partial charge in [0.2, 0.25) is 5.95 Å². The second-order valence-electron chi connectivity index (χ2n) is 7.79. The third-order valence-electron chi connectivity index (χ3n) is 5.24. The molecular formula is C21H27BrN6O. The van der Waals surface area contributed by atoms with Crippen LogP contribution in [0.25, 0.3) is 5.65 Å². The van der Waals surface area contributed by atoms with Crippen LogP contribution in [-0.2, 0) is 0 Å². The highest BCUT2D eigenvalue weighted by Crippen LogP contribution is 2.28. The zero-order valence-corrected chi connectivity index (χ0v) is 18.6. The Morgan fingerprint density at radius 1 is 1.21 bits per heavy atom. The van der Waals surface area contributed by atoms with Crippen LogP contribution in [0.1, 0.15) is 56.7 Å². The van der Waals surface area contributed by atoms with E-state index in [1.54, 1.807) is 4.52 Å². The van der Waals surface area contributed by atoms with Crippen LogP contribution in [0, 0.1) is 0 Å². The molecule has 29 heavy (non-hydrogen) atoms. The third kappa shape index (κ3) is 4.38. The van der Waals surface area contributed by atoms with Gasteiger partial charge in [-0.05, 0) is 43.9 Å². The highest BCUT2D eigenvalue weighted by Gasteiger charge is 2.21. The van der Waals surface area contributed by atoms with E-state index in [0.29, 0.717) is 17.9 Å². The van der Waals surface area contributed by atoms with Gasteiger partial charge < -0.3 is 15.4 Å². The van der Waals surface area contributed by atoms with E-state index in [4.69, 9.17) is 9.72 Å². The van der Waals surface area contributed by atoms with Gasteiger partial charge in [-0.1, -0.05) is 48.0 Å². The normalized spacial score (nSPS) is 18.2. The molecule has 2 N–H and O–H groups in total. The molecule has 8 heteroatoms. The van der Waals surface area contributed by atoms with Crippen molar-refractivity contribution in [3.63, 3.8) is 0 Å². The van der Waals surface area contributed by atoms with Crippen LogP contribution < -0.4 is 15.4 Å². The quantitative estimate of drug-likeness (QED) is 0.572. The standard InChI is InChI=1S/C21H27BrN6O/c1-13(2)17-12-24-28-19(17)26-21(29-15-7-6-10-23-11-15)27-20(28)25-14(3)16-8-4-5-9-18(16)22/h4-5,8-9,12-15,23H,6-7,10-11H2,1-3H3,(H,25,26,27)/t14-,15+/m0/s1. The summed E-state index contributed by atoms with van der Waals surface area (Å²) in [7, 11) is 0. The lowest BCUT2D eigenvalue weighted by Gasteiger charge is -2.23. The first-order valence-corrected chi connectivity index (χ1v) is 11.0. The monoisotopic (exact) mass is 458 g/mol. The van der Waals surface area contributed by atoms with Crippen molar-refractivity contribution in [1.29, 1.82) is 0 Å². The number of benzene rings is 1. The highest BCUT2D eigenvalue weighted by atomic mass is 79.9. The molecule has 1 aromatic carbocycles. The summed E-state index contributed by atoms with van der Waals surface area (Å²) in [6.07, 6.45) is 4.06. The molecular weight excluding hydrogens is 432 g/mol. The van der Waals surface area contributed by atoms with Gasteiger partial charge >= 0.3 is 6.01 Å². The van der Waals surface area contributed by atoms with E-state index in [1.807, 2.05) is 24.4 Å². The molecule has 154 valence electrons. The van der Waals surface area contributed by atoms with Gasteiger partial charge in [-0.2, -0.15) is 19.6 Å². The number of ether oxygens (including phenoxy) is 1. The number of fused-ring (bicyclic) bond motifs is 1. The summed E-state index contributed by atoms with van der Waals surface area (Å²) in [6, 6.07) is 8.60. The van der Waals surface area contributed by atoms with Crippen molar-refractivity contribution in [3.8, 4) is 6.01 Å². The lowest BCUT2D eigenvalue weighted by Crippen LogP contribution is -2.37. The molecule has 1 saturated heterocycles. The Kier molecular flexibility index (Phi) is 6.01. The van der Waals surface area contributed by atoms with E-state index in [0.717, 1.165) is 47.2 Å². The summed E-state index contributed by atoms with van der Waals surface area (Å²) in [6.45, 7) is 8.24. The van der Waals surface area contributed by atoms with Crippen molar-refractivity contribution >= 4 is 27.5 Å². The van der Waals surface area contributed by atoms with Crippen LogP contribution >= 0.6 is 15.9 Å². The van der Waals surface area contributed by atoms with Gasteiger partial charge in [0.1, 0.15) is 6.10 Å². The Morgan fingerprint density at radius 3 is 2.76 bits per heavy atom. The van der Waals surface area contributed by atoms with Gasteiger partial charge in [0.05, 0.1) is 12.2 Å². The van der Waals surface area contributed by atoms with Gasteiger partial charge in [-0.15, -0.1) is 0 Å². The lowest BCUT2D eigenvalue weighted by molar-refractivity contribution is 0.153. The molecule has 0 unspecified atom stereocenters. The maximum Gasteiger partial charge on any atom is 0.322 e. The summed E-state index contributed by atoms with van der Waals surface area (Å²) >= 11 is 3.64. The molecule has 1 aliphatic rings. The van der Waals surface area contributed by atoms with Gasteiger partial charge in [0, 0.05) is 16.6 Å². The Labute approximate surface area is 179 Å². The predicted octanol–water partition coefficient (Wildman–Crippen LogP) is 4.31.